The lowest BCUT2D eigenvalue weighted by molar-refractivity contribution is -0.129. The maximum atomic E-state index is 11.5. The molecular weight excluding hydrogens is 400 g/mol. The fraction of sp³-hybridized carbons (Fsp3) is 0.286. The minimum Gasteiger partial charge on any atom is -0.467 e. The maximum absolute atomic E-state index is 11.5. The summed E-state index contributed by atoms with van der Waals surface area (Å²) in [5.74, 6) is 2.06. The molecule has 1 N–H and O–H groups in total. The van der Waals surface area contributed by atoms with Crippen LogP contribution in [0.25, 0.3) is 4.85 Å². The summed E-state index contributed by atoms with van der Waals surface area (Å²) < 4.78 is 5.80. The van der Waals surface area contributed by atoms with E-state index in [0.717, 1.165) is 36.8 Å². The van der Waals surface area contributed by atoms with Crippen LogP contribution in [0, 0.1) is 6.57 Å². The fourth-order valence-electron chi connectivity index (χ4n) is 3.34. The number of carbonyl (C=O) groups excluding carboxylic acids is 1. The molecule has 1 saturated heterocycles. The highest BCUT2D eigenvalue weighted by molar-refractivity contribution is 7.13. The second-order valence-corrected chi connectivity index (χ2v) is 7.78. The number of piperidine rings is 1. The number of hydrogen-bond donors (Lipinski definition) is 1. The number of carbonyl (C=O) groups is 1. The van der Waals surface area contributed by atoms with Crippen LogP contribution in [0.2, 0.25) is 0 Å². The minimum absolute atomic E-state index is 0.136. The van der Waals surface area contributed by atoms with Gasteiger partial charge in [-0.1, -0.05) is 0 Å². The molecule has 30 heavy (non-hydrogen) atoms. The quantitative estimate of drug-likeness (QED) is 0.600. The number of anilines is 2. The Hall–Kier alpha value is -3.51. The summed E-state index contributed by atoms with van der Waals surface area (Å²) in [6.07, 6.45) is 6.57. The van der Waals surface area contributed by atoms with Gasteiger partial charge < -0.3 is 15.0 Å². The number of amides is 1. The summed E-state index contributed by atoms with van der Waals surface area (Å²) in [7, 11) is 0. The van der Waals surface area contributed by atoms with Crippen molar-refractivity contribution in [2.45, 2.75) is 25.7 Å². The van der Waals surface area contributed by atoms with Crippen molar-refractivity contribution in [3.05, 3.63) is 59.3 Å². The maximum Gasteiger partial charge on any atom is 0.231 e. The van der Waals surface area contributed by atoms with Crippen LogP contribution in [0.15, 0.2) is 42.2 Å². The van der Waals surface area contributed by atoms with E-state index in [4.69, 9.17) is 16.3 Å². The molecular formula is C21H20N6O2S. The summed E-state index contributed by atoms with van der Waals surface area (Å²) in [5.41, 5.74) is 1.45. The molecule has 1 aliphatic heterocycles. The van der Waals surface area contributed by atoms with E-state index in [2.05, 4.69) is 25.5 Å². The molecule has 0 atom stereocenters. The number of likely N-dealkylation sites (tertiary alicyclic amines) is 1. The fourth-order valence-corrected chi connectivity index (χ4v) is 4.14. The first-order valence-corrected chi connectivity index (χ1v) is 10.4. The molecule has 0 saturated carbocycles. The molecule has 0 aliphatic carbocycles. The standard InChI is InChI=1S/C21H20N6O2S/c1-14(28)27-9-5-15(6-10-27)18-13-30-21(25-18)26-20-11-16(3-8-24-20)29-19-12-23-7-4-17(19)22-2/h3-4,7-8,11-13,15H,5-6,9-10H2,1H3,(H,24,25,26). The van der Waals surface area contributed by atoms with Crippen molar-refractivity contribution >= 4 is 33.9 Å². The van der Waals surface area contributed by atoms with Crippen LogP contribution < -0.4 is 10.1 Å². The molecule has 4 rings (SSSR count). The topological polar surface area (TPSA) is 84.6 Å². The first-order valence-electron chi connectivity index (χ1n) is 9.55. The van der Waals surface area contributed by atoms with Crippen LogP contribution >= 0.6 is 11.3 Å². The van der Waals surface area contributed by atoms with Crippen molar-refractivity contribution in [3.63, 3.8) is 0 Å². The number of nitrogens with zero attached hydrogens (tertiary/aromatic N) is 5. The van der Waals surface area contributed by atoms with Crippen LogP contribution in [-0.4, -0.2) is 38.8 Å². The molecule has 152 valence electrons. The number of rotatable bonds is 5. The Bertz CT molecular complexity index is 1080. The second kappa shape index (κ2) is 8.88. The molecule has 4 heterocycles. The van der Waals surface area contributed by atoms with Gasteiger partial charge in [-0.3, -0.25) is 9.78 Å². The average molecular weight is 420 g/mol. The van der Waals surface area contributed by atoms with Gasteiger partial charge in [0.2, 0.25) is 11.6 Å². The molecule has 3 aromatic heterocycles. The largest absolute Gasteiger partial charge is 0.467 e. The van der Waals surface area contributed by atoms with Crippen LogP contribution in [0.5, 0.6) is 11.5 Å². The van der Waals surface area contributed by atoms with Crippen molar-refractivity contribution < 1.29 is 9.53 Å². The summed E-state index contributed by atoms with van der Waals surface area (Å²) in [6.45, 7) is 10.4. The molecule has 0 radical (unpaired) electrons. The average Bonchev–Trinajstić information content (AvgIpc) is 3.23. The summed E-state index contributed by atoms with van der Waals surface area (Å²) in [5, 5.41) is 6.04. The van der Waals surface area contributed by atoms with Crippen LogP contribution in [0.4, 0.5) is 16.6 Å². The normalized spacial score (nSPS) is 14.2. The lowest BCUT2D eigenvalue weighted by Gasteiger charge is -2.30. The minimum atomic E-state index is 0.136. The number of nitrogens with one attached hydrogen (secondary N) is 1. The van der Waals surface area contributed by atoms with Crippen LogP contribution in [0.3, 0.4) is 0 Å². The number of ether oxygens (including phenoxy) is 1. The second-order valence-electron chi connectivity index (χ2n) is 6.92. The summed E-state index contributed by atoms with van der Waals surface area (Å²) in [4.78, 5) is 29.9. The summed E-state index contributed by atoms with van der Waals surface area (Å²) >= 11 is 1.53. The van der Waals surface area contributed by atoms with Crippen LogP contribution in [0.1, 0.15) is 31.4 Å². The van der Waals surface area contributed by atoms with Gasteiger partial charge in [0, 0.05) is 49.8 Å². The van der Waals surface area contributed by atoms with Crippen LogP contribution in [-0.2, 0) is 4.79 Å². The Morgan fingerprint density at radius 2 is 2.17 bits per heavy atom. The van der Waals surface area contributed by atoms with E-state index in [9.17, 15) is 4.79 Å². The van der Waals surface area contributed by atoms with Gasteiger partial charge >= 0.3 is 0 Å². The van der Waals surface area contributed by atoms with E-state index < -0.39 is 0 Å². The first-order chi connectivity index (χ1) is 14.6. The third kappa shape index (κ3) is 4.55. The number of aromatic nitrogens is 3. The Morgan fingerprint density at radius 3 is 2.93 bits per heavy atom. The van der Waals surface area contributed by atoms with Gasteiger partial charge in [0.1, 0.15) is 11.6 Å². The summed E-state index contributed by atoms with van der Waals surface area (Å²) in [6, 6.07) is 5.09. The highest BCUT2D eigenvalue weighted by Gasteiger charge is 2.23. The molecule has 1 aliphatic rings. The third-order valence-corrected chi connectivity index (χ3v) is 5.73. The number of thiazole rings is 1. The Labute approximate surface area is 178 Å². The van der Waals surface area contributed by atoms with Gasteiger partial charge in [0.25, 0.3) is 0 Å². The zero-order valence-corrected chi connectivity index (χ0v) is 17.2. The molecule has 3 aromatic rings. The molecule has 0 aromatic carbocycles. The van der Waals surface area contributed by atoms with Crippen molar-refractivity contribution in [1.82, 2.24) is 19.9 Å². The van der Waals surface area contributed by atoms with Gasteiger partial charge in [-0.15, -0.1) is 11.3 Å². The first kappa shape index (κ1) is 19.8. The third-order valence-electron chi connectivity index (χ3n) is 4.96. The molecule has 8 nitrogen and oxygen atoms in total. The van der Waals surface area contributed by atoms with Crippen molar-refractivity contribution in [2.24, 2.45) is 0 Å². The van der Waals surface area contributed by atoms with Crippen molar-refractivity contribution in [1.29, 1.82) is 0 Å². The Kier molecular flexibility index (Phi) is 5.86. The number of hydrogen-bond acceptors (Lipinski definition) is 7. The van der Waals surface area contributed by atoms with Gasteiger partial charge in [-0.25, -0.2) is 14.8 Å². The predicted molar refractivity (Wildman–Crippen MR) is 114 cm³/mol. The molecule has 0 bridgehead atoms. The molecule has 1 amide bonds. The van der Waals surface area contributed by atoms with E-state index in [0.29, 0.717) is 28.9 Å². The molecule has 1 fully saturated rings. The smallest absolute Gasteiger partial charge is 0.231 e. The molecule has 0 unspecified atom stereocenters. The lowest BCUT2D eigenvalue weighted by Crippen LogP contribution is -2.36. The van der Waals surface area contributed by atoms with E-state index in [-0.39, 0.29) is 5.91 Å². The molecule has 0 spiro atoms. The SMILES string of the molecule is [C-]#[N+]c1ccncc1Oc1ccnc(Nc2nc(C3CCN(C(C)=O)CC3)cs2)c1. The highest BCUT2D eigenvalue weighted by atomic mass is 32.1. The van der Waals surface area contributed by atoms with E-state index in [1.54, 1.807) is 37.5 Å². The number of pyridine rings is 2. The predicted octanol–water partition coefficient (Wildman–Crippen LogP) is 4.75. The molecule has 9 heteroatoms. The highest BCUT2D eigenvalue weighted by Crippen LogP contribution is 2.33. The van der Waals surface area contributed by atoms with Gasteiger partial charge in [0.15, 0.2) is 10.9 Å². The zero-order valence-electron chi connectivity index (χ0n) is 16.4. The van der Waals surface area contributed by atoms with Gasteiger partial charge in [-0.2, -0.15) is 0 Å². The Balaban J connectivity index is 1.41. The van der Waals surface area contributed by atoms with Gasteiger partial charge in [-0.05, 0) is 25.0 Å². The van der Waals surface area contributed by atoms with Gasteiger partial charge in [0.05, 0.1) is 18.5 Å². The van der Waals surface area contributed by atoms with E-state index in [1.807, 2.05) is 4.90 Å². The van der Waals surface area contributed by atoms with Crippen molar-refractivity contribution in [3.8, 4) is 11.5 Å². The van der Waals surface area contributed by atoms with E-state index >= 15 is 0 Å². The monoisotopic (exact) mass is 420 g/mol. The lowest BCUT2D eigenvalue weighted by atomic mass is 9.94. The zero-order chi connectivity index (χ0) is 20.9. The van der Waals surface area contributed by atoms with E-state index in [1.165, 1.54) is 17.5 Å². The van der Waals surface area contributed by atoms with Crippen molar-refractivity contribution in [2.75, 3.05) is 18.4 Å². The Morgan fingerprint density at radius 1 is 1.33 bits per heavy atom.